The predicted octanol–water partition coefficient (Wildman–Crippen LogP) is 0.479. The van der Waals surface area contributed by atoms with Crippen LogP contribution in [-0.2, 0) is 19.1 Å². The minimum atomic E-state index is -0.693. The van der Waals surface area contributed by atoms with E-state index >= 15 is 0 Å². The quantitative estimate of drug-likeness (QED) is 0.600. The number of morpholine rings is 1. The summed E-state index contributed by atoms with van der Waals surface area (Å²) in [7, 11) is 1.34. The van der Waals surface area contributed by atoms with Gasteiger partial charge in [-0.15, -0.1) is 0 Å². The Morgan fingerprint density at radius 2 is 2.14 bits per heavy atom. The van der Waals surface area contributed by atoms with E-state index in [1.807, 2.05) is 0 Å². The Bertz CT molecular complexity index is 448. The van der Waals surface area contributed by atoms with Crippen LogP contribution < -0.4 is 5.73 Å². The maximum Gasteiger partial charge on any atom is 0.308 e. The lowest BCUT2D eigenvalue weighted by Gasteiger charge is -2.47. The van der Waals surface area contributed by atoms with Gasteiger partial charge in [0.15, 0.2) is 0 Å². The number of methoxy groups -OCH3 is 1. The summed E-state index contributed by atoms with van der Waals surface area (Å²) >= 11 is 5.12. The molecule has 2 N–H and O–H groups in total. The van der Waals surface area contributed by atoms with E-state index in [1.54, 1.807) is 4.90 Å². The molecule has 1 saturated carbocycles. The van der Waals surface area contributed by atoms with Gasteiger partial charge in [-0.2, -0.15) is 0 Å². The van der Waals surface area contributed by atoms with Crippen LogP contribution in [0.15, 0.2) is 0 Å². The molecule has 1 saturated heterocycles. The lowest BCUT2D eigenvalue weighted by atomic mass is 9.61. The van der Waals surface area contributed by atoms with Crippen molar-refractivity contribution in [2.45, 2.75) is 32.3 Å². The minimum absolute atomic E-state index is 0.0220. The number of rotatable bonds is 4. The summed E-state index contributed by atoms with van der Waals surface area (Å²) < 4.78 is 10.2. The van der Waals surface area contributed by atoms with Crippen molar-refractivity contribution in [3.05, 3.63) is 0 Å². The van der Waals surface area contributed by atoms with Crippen molar-refractivity contribution in [1.29, 1.82) is 0 Å². The van der Waals surface area contributed by atoms with Crippen molar-refractivity contribution < 1.29 is 19.1 Å². The van der Waals surface area contributed by atoms with E-state index < -0.39 is 5.41 Å². The highest BCUT2D eigenvalue weighted by molar-refractivity contribution is 7.80. The normalized spacial score (nSPS) is 32.2. The summed E-state index contributed by atoms with van der Waals surface area (Å²) in [5.41, 5.74) is 5.13. The molecule has 2 rings (SSSR count). The van der Waals surface area contributed by atoms with Gasteiger partial charge in [-0.05, 0) is 18.8 Å². The molecule has 0 aromatic heterocycles. The standard InChI is InChI=1S/C14H22N2O4S/c1-9-6-14(7-9,12(15)21)13(18)16-3-4-20-10(8-16)5-11(17)19-2/h9-10H,3-8H2,1-2H3,(H2,15,21). The summed E-state index contributed by atoms with van der Waals surface area (Å²) in [6.07, 6.45) is 1.24. The van der Waals surface area contributed by atoms with Crippen molar-refractivity contribution >= 4 is 29.1 Å². The Balaban J connectivity index is 2.02. The molecular weight excluding hydrogens is 292 g/mol. The molecular formula is C14H22N2O4S. The topological polar surface area (TPSA) is 81.9 Å². The van der Waals surface area contributed by atoms with Gasteiger partial charge in [-0.1, -0.05) is 19.1 Å². The first kappa shape index (κ1) is 16.2. The second-order valence-corrected chi connectivity index (χ2v) is 6.42. The zero-order chi connectivity index (χ0) is 15.6. The molecule has 0 spiro atoms. The number of thiocarbonyl (C=S) groups is 1. The maximum absolute atomic E-state index is 12.8. The third-order valence-electron chi connectivity index (χ3n) is 4.32. The summed E-state index contributed by atoms with van der Waals surface area (Å²) in [4.78, 5) is 26.1. The monoisotopic (exact) mass is 314 g/mol. The van der Waals surface area contributed by atoms with Crippen LogP contribution in [0.4, 0.5) is 0 Å². The SMILES string of the molecule is COC(=O)CC1CN(C(=O)C2(C(N)=S)CC(C)C2)CCO1. The Kier molecular flexibility index (Phi) is 4.83. The molecule has 2 fully saturated rings. The number of nitrogens with zero attached hydrogens (tertiary/aromatic N) is 1. The molecule has 1 amide bonds. The van der Waals surface area contributed by atoms with Gasteiger partial charge in [0.25, 0.3) is 0 Å². The summed E-state index contributed by atoms with van der Waals surface area (Å²) in [6, 6.07) is 0. The third kappa shape index (κ3) is 3.18. The molecule has 1 unspecified atom stereocenters. The number of nitrogens with two attached hydrogens (primary N) is 1. The molecule has 1 aliphatic heterocycles. The van der Waals surface area contributed by atoms with Crippen LogP contribution in [-0.4, -0.2) is 54.7 Å². The van der Waals surface area contributed by atoms with Gasteiger partial charge in [-0.25, -0.2) is 0 Å². The fraction of sp³-hybridized carbons (Fsp3) is 0.786. The summed E-state index contributed by atoms with van der Waals surface area (Å²) in [5, 5.41) is 0. The van der Waals surface area contributed by atoms with Crippen molar-refractivity contribution in [3.63, 3.8) is 0 Å². The number of carbonyl (C=O) groups is 2. The Labute approximate surface area is 129 Å². The van der Waals surface area contributed by atoms with Crippen molar-refractivity contribution in [2.75, 3.05) is 26.8 Å². The molecule has 1 aliphatic carbocycles. The van der Waals surface area contributed by atoms with E-state index in [2.05, 4.69) is 11.7 Å². The number of esters is 1. The lowest BCUT2D eigenvalue weighted by Crippen LogP contribution is -2.59. The smallest absolute Gasteiger partial charge is 0.308 e. The van der Waals surface area contributed by atoms with Gasteiger partial charge in [0.1, 0.15) is 0 Å². The number of hydrogen-bond acceptors (Lipinski definition) is 5. The van der Waals surface area contributed by atoms with Crippen LogP contribution in [0.1, 0.15) is 26.2 Å². The van der Waals surface area contributed by atoms with Crippen LogP contribution in [0.2, 0.25) is 0 Å². The second kappa shape index (κ2) is 6.27. The van der Waals surface area contributed by atoms with Gasteiger partial charge in [0.2, 0.25) is 5.91 Å². The molecule has 7 heteroatoms. The maximum atomic E-state index is 12.8. The van der Waals surface area contributed by atoms with E-state index in [1.165, 1.54) is 7.11 Å². The Morgan fingerprint density at radius 3 is 2.67 bits per heavy atom. The molecule has 0 radical (unpaired) electrons. The van der Waals surface area contributed by atoms with E-state index in [-0.39, 0.29) is 29.4 Å². The second-order valence-electron chi connectivity index (χ2n) is 5.98. The molecule has 0 bridgehead atoms. The number of amides is 1. The zero-order valence-electron chi connectivity index (χ0n) is 12.5. The highest BCUT2D eigenvalue weighted by Crippen LogP contribution is 2.47. The predicted molar refractivity (Wildman–Crippen MR) is 80.6 cm³/mol. The molecule has 118 valence electrons. The molecule has 1 heterocycles. The fourth-order valence-electron chi connectivity index (χ4n) is 3.21. The van der Waals surface area contributed by atoms with Crippen LogP contribution in [0.25, 0.3) is 0 Å². The molecule has 6 nitrogen and oxygen atoms in total. The molecule has 0 aromatic carbocycles. The number of carbonyl (C=O) groups excluding carboxylic acids is 2. The first-order valence-electron chi connectivity index (χ1n) is 7.16. The largest absolute Gasteiger partial charge is 0.469 e. The first-order valence-corrected chi connectivity index (χ1v) is 7.57. The molecule has 21 heavy (non-hydrogen) atoms. The van der Waals surface area contributed by atoms with E-state index in [4.69, 9.17) is 22.7 Å². The van der Waals surface area contributed by atoms with Crippen LogP contribution >= 0.6 is 12.2 Å². The van der Waals surface area contributed by atoms with Gasteiger partial charge in [-0.3, -0.25) is 9.59 Å². The lowest BCUT2D eigenvalue weighted by molar-refractivity contribution is -0.156. The number of ether oxygens (including phenoxy) is 2. The van der Waals surface area contributed by atoms with Crippen LogP contribution in [0, 0.1) is 11.3 Å². The van der Waals surface area contributed by atoms with Gasteiger partial charge >= 0.3 is 5.97 Å². The third-order valence-corrected chi connectivity index (χ3v) is 4.71. The van der Waals surface area contributed by atoms with Crippen molar-refractivity contribution in [2.24, 2.45) is 17.1 Å². The van der Waals surface area contributed by atoms with Gasteiger partial charge in [0, 0.05) is 13.1 Å². The van der Waals surface area contributed by atoms with Crippen molar-refractivity contribution in [1.82, 2.24) is 4.90 Å². The average Bonchev–Trinajstić information content (AvgIpc) is 2.42. The first-order chi connectivity index (χ1) is 9.89. The Morgan fingerprint density at radius 1 is 1.48 bits per heavy atom. The zero-order valence-corrected chi connectivity index (χ0v) is 13.3. The summed E-state index contributed by atoms with van der Waals surface area (Å²) in [5.74, 6) is 0.101. The highest BCUT2D eigenvalue weighted by Gasteiger charge is 2.52. The van der Waals surface area contributed by atoms with Crippen molar-refractivity contribution in [3.8, 4) is 0 Å². The molecule has 1 atom stereocenters. The van der Waals surface area contributed by atoms with Crippen LogP contribution in [0.5, 0.6) is 0 Å². The Hall–Kier alpha value is -1.21. The van der Waals surface area contributed by atoms with Crippen LogP contribution in [0.3, 0.4) is 0 Å². The molecule has 2 aliphatic rings. The fourth-order valence-corrected chi connectivity index (χ4v) is 3.46. The summed E-state index contributed by atoms with van der Waals surface area (Å²) in [6.45, 7) is 3.39. The molecule has 0 aromatic rings. The van der Waals surface area contributed by atoms with E-state index in [0.29, 0.717) is 38.5 Å². The highest BCUT2D eigenvalue weighted by atomic mass is 32.1. The average molecular weight is 314 g/mol. The van der Waals surface area contributed by atoms with E-state index in [9.17, 15) is 9.59 Å². The van der Waals surface area contributed by atoms with Gasteiger partial charge < -0.3 is 20.1 Å². The number of hydrogen-bond donors (Lipinski definition) is 1. The minimum Gasteiger partial charge on any atom is -0.469 e. The van der Waals surface area contributed by atoms with Gasteiger partial charge in [0.05, 0.1) is 36.6 Å². The van der Waals surface area contributed by atoms with E-state index in [0.717, 1.165) is 0 Å².